The number of likely N-dealkylation sites (N-methyl/N-ethyl adjacent to an activating group) is 1. The quantitative estimate of drug-likeness (QED) is 0.103. The van der Waals surface area contributed by atoms with Crippen molar-refractivity contribution in [3.8, 4) is 34.4 Å². The molecule has 0 saturated heterocycles. The second kappa shape index (κ2) is 20.4. The standard InChI is InChI=1S/C38H45N9O8/c1-6-17-46(34(48)22-41-36(50)53-3)24-32-39-20-30(43-32)28-13-9-26(10-14-28)7-8-27-11-15-29(16-12-27)31-21-40-33(44-31)25-47(19-18-45(2)38(52)55-5)35(49)23-42-37(51)54-4/h9-16,20-21H,6,17-19,22-25H2,1-5H3,(H,39,43)(H,40,44)(H,41,50)(H,42,51). The van der Waals surface area contributed by atoms with Crippen molar-refractivity contribution < 1.29 is 38.2 Å². The van der Waals surface area contributed by atoms with Crippen molar-refractivity contribution in [2.45, 2.75) is 26.4 Å². The maximum Gasteiger partial charge on any atom is 0.409 e. The van der Waals surface area contributed by atoms with Crippen LogP contribution in [0.3, 0.4) is 0 Å². The molecule has 0 radical (unpaired) electrons. The number of carbonyl (C=O) groups is 5. The van der Waals surface area contributed by atoms with E-state index in [4.69, 9.17) is 4.74 Å². The molecule has 2 aromatic heterocycles. The van der Waals surface area contributed by atoms with E-state index in [1.165, 1.54) is 31.1 Å². The number of nitrogens with zero attached hydrogens (tertiary/aromatic N) is 5. The topological polar surface area (TPSA) is 204 Å². The van der Waals surface area contributed by atoms with E-state index in [0.717, 1.165) is 40.1 Å². The maximum absolute atomic E-state index is 12.9. The van der Waals surface area contributed by atoms with Crippen molar-refractivity contribution in [1.29, 1.82) is 0 Å². The number of carbonyl (C=O) groups excluding carboxylic acids is 5. The van der Waals surface area contributed by atoms with Gasteiger partial charge in [0.05, 0.1) is 58.2 Å². The van der Waals surface area contributed by atoms with Crippen molar-refractivity contribution in [1.82, 2.24) is 45.3 Å². The Labute approximate surface area is 318 Å². The van der Waals surface area contributed by atoms with Gasteiger partial charge in [0.25, 0.3) is 0 Å². The average molecular weight is 756 g/mol. The number of nitrogens with one attached hydrogen (secondary N) is 4. The monoisotopic (exact) mass is 755 g/mol. The summed E-state index contributed by atoms with van der Waals surface area (Å²) >= 11 is 0. The Bertz CT molecular complexity index is 1980. The molecule has 0 aliphatic rings. The highest BCUT2D eigenvalue weighted by atomic mass is 16.5. The number of hydrogen-bond acceptors (Lipinski definition) is 10. The lowest BCUT2D eigenvalue weighted by molar-refractivity contribution is -0.131. The van der Waals surface area contributed by atoms with Gasteiger partial charge < -0.3 is 49.5 Å². The van der Waals surface area contributed by atoms with Crippen LogP contribution in [0, 0.1) is 11.8 Å². The minimum absolute atomic E-state index is 0.108. The molecule has 4 rings (SSSR count). The first-order valence-electron chi connectivity index (χ1n) is 17.3. The van der Waals surface area contributed by atoms with Crippen LogP contribution in [-0.4, -0.2) is 126 Å². The third kappa shape index (κ3) is 12.4. The number of aromatic nitrogens is 4. The van der Waals surface area contributed by atoms with Crippen LogP contribution >= 0.6 is 0 Å². The molecule has 0 saturated carbocycles. The van der Waals surface area contributed by atoms with E-state index in [2.05, 4.69) is 51.9 Å². The summed E-state index contributed by atoms with van der Waals surface area (Å²) in [7, 11) is 5.28. The van der Waals surface area contributed by atoms with Gasteiger partial charge in [-0.05, 0) is 41.8 Å². The van der Waals surface area contributed by atoms with E-state index in [1.54, 1.807) is 24.3 Å². The Morgan fingerprint density at radius 3 is 1.49 bits per heavy atom. The Morgan fingerprint density at radius 2 is 1.09 bits per heavy atom. The van der Waals surface area contributed by atoms with Crippen LogP contribution in [0.4, 0.5) is 14.4 Å². The smallest absolute Gasteiger partial charge is 0.409 e. The fraction of sp³-hybridized carbons (Fsp3) is 0.342. The zero-order valence-electron chi connectivity index (χ0n) is 31.4. The SMILES string of the molecule is CCCN(Cc1ncc(-c2ccc(C#Cc3ccc(-c4cnc(CN(CCN(C)C(=O)OC)C(=O)CNC(=O)OC)[nH]4)cc3)cc2)[nH]1)C(=O)CNC(=O)OC. The first kappa shape index (κ1) is 40.9. The number of amides is 5. The maximum atomic E-state index is 12.9. The van der Waals surface area contributed by atoms with Gasteiger partial charge in [0.1, 0.15) is 24.7 Å². The molecule has 0 fully saturated rings. The van der Waals surface area contributed by atoms with Gasteiger partial charge in [-0.15, -0.1) is 0 Å². The highest BCUT2D eigenvalue weighted by Gasteiger charge is 2.20. The van der Waals surface area contributed by atoms with E-state index in [-0.39, 0.29) is 51.1 Å². The zero-order valence-corrected chi connectivity index (χ0v) is 31.4. The summed E-state index contributed by atoms with van der Waals surface area (Å²) < 4.78 is 13.8. The molecule has 2 aromatic carbocycles. The fourth-order valence-corrected chi connectivity index (χ4v) is 5.19. The third-order valence-electron chi connectivity index (χ3n) is 8.21. The fourth-order valence-electron chi connectivity index (χ4n) is 5.19. The van der Waals surface area contributed by atoms with E-state index in [9.17, 15) is 24.0 Å². The van der Waals surface area contributed by atoms with E-state index in [1.807, 2.05) is 55.5 Å². The van der Waals surface area contributed by atoms with Crippen LogP contribution in [0.5, 0.6) is 0 Å². The summed E-state index contributed by atoms with van der Waals surface area (Å²) in [6, 6.07) is 15.4. The van der Waals surface area contributed by atoms with Gasteiger partial charge in [0.2, 0.25) is 11.8 Å². The van der Waals surface area contributed by atoms with E-state index in [0.29, 0.717) is 18.2 Å². The predicted octanol–water partition coefficient (Wildman–Crippen LogP) is 3.34. The Kier molecular flexibility index (Phi) is 15.2. The van der Waals surface area contributed by atoms with Gasteiger partial charge in [-0.1, -0.05) is 43.0 Å². The largest absolute Gasteiger partial charge is 0.453 e. The van der Waals surface area contributed by atoms with Crippen molar-refractivity contribution >= 4 is 30.1 Å². The summed E-state index contributed by atoms with van der Waals surface area (Å²) in [6.07, 6.45) is 2.20. The van der Waals surface area contributed by atoms with Crippen LogP contribution in [0.2, 0.25) is 0 Å². The van der Waals surface area contributed by atoms with Gasteiger partial charge in [-0.25, -0.2) is 24.4 Å². The summed E-state index contributed by atoms with van der Waals surface area (Å²) in [5.41, 5.74) is 4.94. The molecule has 55 heavy (non-hydrogen) atoms. The lowest BCUT2D eigenvalue weighted by atomic mass is 10.1. The lowest BCUT2D eigenvalue weighted by Crippen LogP contribution is -2.43. The first-order valence-corrected chi connectivity index (χ1v) is 17.3. The number of hydrogen-bond donors (Lipinski definition) is 4. The van der Waals surface area contributed by atoms with Crippen molar-refractivity contribution in [3.63, 3.8) is 0 Å². The van der Waals surface area contributed by atoms with Crippen LogP contribution in [-0.2, 0) is 36.9 Å². The number of rotatable bonds is 15. The third-order valence-corrected chi connectivity index (χ3v) is 8.21. The molecule has 0 aliphatic heterocycles. The van der Waals surface area contributed by atoms with Gasteiger partial charge in [0.15, 0.2) is 0 Å². The Morgan fingerprint density at radius 1 is 0.655 bits per heavy atom. The molecule has 290 valence electrons. The summed E-state index contributed by atoms with van der Waals surface area (Å²) in [6.45, 7) is 2.78. The number of aromatic amines is 2. The van der Waals surface area contributed by atoms with Crippen LogP contribution in [0.15, 0.2) is 60.9 Å². The molecule has 0 spiro atoms. The molecular formula is C38H45N9O8. The van der Waals surface area contributed by atoms with Crippen LogP contribution in [0.25, 0.3) is 22.5 Å². The van der Waals surface area contributed by atoms with E-state index < -0.39 is 18.3 Å². The molecule has 0 unspecified atom stereocenters. The number of H-pyrrole nitrogens is 2. The first-order chi connectivity index (χ1) is 26.5. The summed E-state index contributed by atoms with van der Waals surface area (Å²) in [4.78, 5) is 80.1. The molecule has 5 amide bonds. The highest BCUT2D eigenvalue weighted by Crippen LogP contribution is 2.20. The van der Waals surface area contributed by atoms with Crippen LogP contribution < -0.4 is 10.6 Å². The molecule has 17 heteroatoms. The number of alkyl carbamates (subject to hydrolysis) is 2. The molecule has 17 nitrogen and oxygen atoms in total. The summed E-state index contributed by atoms with van der Waals surface area (Å²) in [5.74, 6) is 6.88. The van der Waals surface area contributed by atoms with Crippen molar-refractivity contribution in [2.75, 3.05) is 61.1 Å². The molecule has 0 bridgehead atoms. The van der Waals surface area contributed by atoms with Gasteiger partial charge >= 0.3 is 18.3 Å². The number of ether oxygens (including phenoxy) is 3. The van der Waals surface area contributed by atoms with Gasteiger partial charge in [-0.3, -0.25) is 9.59 Å². The number of methoxy groups -OCH3 is 3. The molecule has 0 atom stereocenters. The molecular weight excluding hydrogens is 710 g/mol. The van der Waals surface area contributed by atoms with Crippen molar-refractivity contribution in [2.24, 2.45) is 0 Å². The van der Waals surface area contributed by atoms with Gasteiger partial charge in [-0.2, -0.15) is 0 Å². The molecule has 4 aromatic rings. The molecule has 0 aliphatic carbocycles. The molecule has 4 N–H and O–H groups in total. The minimum atomic E-state index is -0.733. The predicted molar refractivity (Wildman–Crippen MR) is 201 cm³/mol. The zero-order chi connectivity index (χ0) is 39.7. The van der Waals surface area contributed by atoms with E-state index >= 15 is 0 Å². The lowest BCUT2D eigenvalue weighted by Gasteiger charge is -2.24. The number of benzene rings is 2. The average Bonchev–Trinajstić information content (AvgIpc) is 3.89. The highest BCUT2D eigenvalue weighted by molar-refractivity contribution is 5.83. The Balaban J connectivity index is 1.36. The normalized spacial score (nSPS) is 10.3. The van der Waals surface area contributed by atoms with Gasteiger partial charge in [0, 0.05) is 37.8 Å². The second-order valence-corrected chi connectivity index (χ2v) is 12.1. The minimum Gasteiger partial charge on any atom is -0.453 e. The Hall–Kier alpha value is -6.83. The van der Waals surface area contributed by atoms with Crippen molar-refractivity contribution in [3.05, 3.63) is 83.7 Å². The second-order valence-electron chi connectivity index (χ2n) is 12.1. The molecule has 2 heterocycles. The summed E-state index contributed by atoms with van der Waals surface area (Å²) in [5, 5.41) is 4.80. The number of imidazole rings is 2. The van der Waals surface area contributed by atoms with Crippen LogP contribution in [0.1, 0.15) is 36.1 Å².